The third-order valence-corrected chi connectivity index (χ3v) is 3.24. The van der Waals surface area contributed by atoms with Crippen LogP contribution in [0.2, 0.25) is 0 Å². The second-order valence-electron chi connectivity index (χ2n) is 4.79. The van der Waals surface area contributed by atoms with Gasteiger partial charge in [-0.15, -0.1) is 5.10 Å². The first-order chi connectivity index (χ1) is 10.1. The van der Waals surface area contributed by atoms with Gasteiger partial charge in [0.1, 0.15) is 0 Å². The highest BCUT2D eigenvalue weighted by atomic mass is 16.4. The van der Waals surface area contributed by atoms with Gasteiger partial charge in [0.25, 0.3) is 0 Å². The van der Waals surface area contributed by atoms with E-state index in [1.807, 2.05) is 37.3 Å². The Morgan fingerprint density at radius 3 is 2.48 bits per heavy atom. The van der Waals surface area contributed by atoms with Gasteiger partial charge in [0.2, 0.25) is 0 Å². The van der Waals surface area contributed by atoms with E-state index in [4.69, 9.17) is 0 Å². The van der Waals surface area contributed by atoms with Crippen LogP contribution in [0.3, 0.4) is 0 Å². The van der Waals surface area contributed by atoms with Crippen LogP contribution in [0.15, 0.2) is 54.9 Å². The first-order valence-corrected chi connectivity index (χ1v) is 6.45. The molecule has 1 aromatic heterocycles. The molecular weight excluding hydrogens is 266 g/mol. The van der Waals surface area contributed by atoms with Crippen LogP contribution >= 0.6 is 0 Å². The highest BCUT2D eigenvalue weighted by Gasteiger charge is 2.10. The summed E-state index contributed by atoms with van der Waals surface area (Å²) >= 11 is 0. The van der Waals surface area contributed by atoms with Gasteiger partial charge < -0.3 is 5.11 Å². The van der Waals surface area contributed by atoms with Crippen molar-refractivity contribution in [1.82, 2.24) is 15.0 Å². The van der Waals surface area contributed by atoms with Crippen molar-refractivity contribution >= 4 is 5.97 Å². The SMILES string of the molecule is Cc1ccc(-c2cc(C(=O)O)cc(-n3ccnn3)c2)cc1. The average Bonchev–Trinajstić information content (AvgIpc) is 3.02. The van der Waals surface area contributed by atoms with Crippen molar-refractivity contribution in [2.75, 3.05) is 0 Å². The predicted molar refractivity (Wildman–Crippen MR) is 78.5 cm³/mol. The molecule has 0 atom stereocenters. The number of rotatable bonds is 3. The smallest absolute Gasteiger partial charge is 0.335 e. The van der Waals surface area contributed by atoms with Crippen LogP contribution in [0.1, 0.15) is 15.9 Å². The van der Waals surface area contributed by atoms with Gasteiger partial charge in [-0.25, -0.2) is 9.48 Å². The van der Waals surface area contributed by atoms with Gasteiger partial charge in [-0.2, -0.15) is 0 Å². The summed E-state index contributed by atoms with van der Waals surface area (Å²) in [6.45, 7) is 2.01. The fourth-order valence-corrected chi connectivity index (χ4v) is 2.13. The number of hydrogen-bond acceptors (Lipinski definition) is 3. The number of aromatic carboxylic acids is 1. The summed E-state index contributed by atoms with van der Waals surface area (Å²) in [5.41, 5.74) is 3.84. The van der Waals surface area contributed by atoms with E-state index in [0.29, 0.717) is 5.69 Å². The molecular formula is C16H13N3O2. The Labute approximate surface area is 121 Å². The molecule has 5 nitrogen and oxygen atoms in total. The van der Waals surface area contributed by atoms with Crippen LogP contribution in [0.4, 0.5) is 0 Å². The lowest BCUT2D eigenvalue weighted by Crippen LogP contribution is -2.02. The number of hydrogen-bond donors (Lipinski definition) is 1. The van der Waals surface area contributed by atoms with Crippen LogP contribution in [0, 0.1) is 6.92 Å². The number of benzene rings is 2. The van der Waals surface area contributed by atoms with Gasteiger partial charge in [0.05, 0.1) is 23.6 Å². The second kappa shape index (κ2) is 5.20. The summed E-state index contributed by atoms with van der Waals surface area (Å²) in [4.78, 5) is 11.3. The van der Waals surface area contributed by atoms with E-state index >= 15 is 0 Å². The largest absolute Gasteiger partial charge is 0.478 e. The molecule has 3 aromatic rings. The van der Waals surface area contributed by atoms with E-state index in [9.17, 15) is 9.90 Å². The number of carboxylic acids is 1. The summed E-state index contributed by atoms with van der Waals surface area (Å²) in [5.74, 6) is -0.967. The predicted octanol–water partition coefficient (Wildman–Crippen LogP) is 2.94. The fraction of sp³-hybridized carbons (Fsp3) is 0.0625. The molecule has 3 rings (SSSR count). The Bertz CT molecular complexity index is 778. The van der Waals surface area contributed by atoms with E-state index in [1.165, 1.54) is 0 Å². The van der Waals surface area contributed by atoms with Gasteiger partial charge >= 0.3 is 5.97 Å². The highest BCUT2D eigenvalue weighted by molar-refractivity contribution is 5.90. The lowest BCUT2D eigenvalue weighted by Gasteiger charge is -2.08. The maximum atomic E-state index is 11.3. The zero-order valence-corrected chi connectivity index (χ0v) is 11.4. The molecule has 1 heterocycles. The van der Waals surface area contributed by atoms with Crippen LogP contribution in [0.25, 0.3) is 16.8 Å². The molecule has 0 radical (unpaired) electrons. The monoisotopic (exact) mass is 279 g/mol. The van der Waals surface area contributed by atoms with E-state index < -0.39 is 5.97 Å². The molecule has 2 aromatic carbocycles. The molecule has 0 bridgehead atoms. The van der Waals surface area contributed by atoms with Crippen molar-refractivity contribution in [2.24, 2.45) is 0 Å². The molecule has 0 aliphatic carbocycles. The molecule has 0 saturated heterocycles. The molecule has 0 aliphatic heterocycles. The minimum absolute atomic E-state index is 0.221. The molecule has 0 spiro atoms. The minimum Gasteiger partial charge on any atom is -0.478 e. The molecule has 1 N–H and O–H groups in total. The van der Waals surface area contributed by atoms with Crippen molar-refractivity contribution in [2.45, 2.75) is 6.92 Å². The Morgan fingerprint density at radius 1 is 1.10 bits per heavy atom. The van der Waals surface area contributed by atoms with Crippen molar-refractivity contribution in [3.63, 3.8) is 0 Å². The second-order valence-corrected chi connectivity index (χ2v) is 4.79. The number of nitrogens with zero attached hydrogens (tertiary/aromatic N) is 3. The maximum absolute atomic E-state index is 11.3. The summed E-state index contributed by atoms with van der Waals surface area (Å²) < 4.78 is 1.55. The third kappa shape index (κ3) is 2.67. The number of aromatic nitrogens is 3. The highest BCUT2D eigenvalue weighted by Crippen LogP contribution is 2.24. The zero-order chi connectivity index (χ0) is 14.8. The molecule has 0 aliphatic rings. The minimum atomic E-state index is -0.967. The summed E-state index contributed by atoms with van der Waals surface area (Å²) in [6.07, 6.45) is 3.23. The number of aryl methyl sites for hydroxylation is 1. The van der Waals surface area contributed by atoms with Crippen LogP contribution < -0.4 is 0 Å². The first-order valence-electron chi connectivity index (χ1n) is 6.45. The molecule has 104 valence electrons. The molecule has 21 heavy (non-hydrogen) atoms. The molecule has 0 fully saturated rings. The fourth-order valence-electron chi connectivity index (χ4n) is 2.13. The number of carboxylic acid groups (broad SMARTS) is 1. The standard InChI is InChI=1S/C16H13N3O2/c1-11-2-4-12(5-3-11)13-8-14(16(20)21)10-15(9-13)19-7-6-17-18-19/h2-10H,1H3,(H,20,21). The lowest BCUT2D eigenvalue weighted by atomic mass is 10.0. The Kier molecular flexibility index (Phi) is 3.23. The normalized spacial score (nSPS) is 10.5. The van der Waals surface area contributed by atoms with Crippen molar-refractivity contribution in [3.8, 4) is 16.8 Å². The first kappa shape index (κ1) is 13.1. The quantitative estimate of drug-likeness (QED) is 0.800. The Morgan fingerprint density at radius 2 is 1.86 bits per heavy atom. The van der Waals surface area contributed by atoms with Crippen molar-refractivity contribution in [3.05, 3.63) is 66.0 Å². The lowest BCUT2D eigenvalue weighted by molar-refractivity contribution is 0.0697. The van der Waals surface area contributed by atoms with Crippen molar-refractivity contribution < 1.29 is 9.90 Å². The van der Waals surface area contributed by atoms with Gasteiger partial charge in [-0.05, 0) is 36.2 Å². The summed E-state index contributed by atoms with van der Waals surface area (Å²) in [6, 6.07) is 13.1. The average molecular weight is 279 g/mol. The number of carbonyl (C=O) groups is 1. The van der Waals surface area contributed by atoms with E-state index in [1.54, 1.807) is 29.2 Å². The van der Waals surface area contributed by atoms with Gasteiger partial charge in [0.15, 0.2) is 0 Å². The summed E-state index contributed by atoms with van der Waals surface area (Å²) in [5, 5.41) is 16.9. The van der Waals surface area contributed by atoms with Gasteiger partial charge in [-0.1, -0.05) is 35.0 Å². The molecule has 0 unspecified atom stereocenters. The molecule has 0 amide bonds. The van der Waals surface area contributed by atoms with Crippen molar-refractivity contribution in [1.29, 1.82) is 0 Å². The topological polar surface area (TPSA) is 68.0 Å². The summed E-state index contributed by atoms with van der Waals surface area (Å²) in [7, 11) is 0. The molecule has 0 saturated carbocycles. The van der Waals surface area contributed by atoms with E-state index in [0.717, 1.165) is 16.7 Å². The van der Waals surface area contributed by atoms with E-state index in [-0.39, 0.29) is 5.56 Å². The Balaban J connectivity index is 2.16. The zero-order valence-electron chi connectivity index (χ0n) is 11.4. The third-order valence-electron chi connectivity index (χ3n) is 3.24. The van der Waals surface area contributed by atoms with E-state index in [2.05, 4.69) is 10.3 Å². The van der Waals surface area contributed by atoms with Crippen LogP contribution in [0.5, 0.6) is 0 Å². The molecule has 5 heteroatoms. The van der Waals surface area contributed by atoms with Crippen LogP contribution in [-0.2, 0) is 0 Å². The Hall–Kier alpha value is -2.95. The van der Waals surface area contributed by atoms with Gasteiger partial charge in [0, 0.05) is 0 Å². The van der Waals surface area contributed by atoms with Gasteiger partial charge in [-0.3, -0.25) is 0 Å². The maximum Gasteiger partial charge on any atom is 0.335 e. The van der Waals surface area contributed by atoms with Crippen LogP contribution in [-0.4, -0.2) is 26.1 Å².